The molecule has 0 bridgehead atoms. The third kappa shape index (κ3) is 6.11. The molecule has 6 aromatic heterocycles. The fraction of sp³-hybridized carbons (Fsp3) is 0.356. The number of aromatic nitrogens is 11. The Balaban J connectivity index is 0.000000133. The number of nitrogens with one attached hydrogen (secondary N) is 2. The molecule has 3 atom stereocenters. The molecule has 292 valence electrons. The Morgan fingerprint density at radius 3 is 1.91 bits per heavy atom. The lowest BCUT2D eigenvalue weighted by molar-refractivity contribution is 0.215. The first kappa shape index (κ1) is 35.1. The minimum atomic E-state index is 0.204. The van der Waals surface area contributed by atoms with Crippen molar-refractivity contribution in [2.45, 2.75) is 75.5 Å². The van der Waals surface area contributed by atoms with Crippen molar-refractivity contribution in [2.24, 2.45) is 0 Å². The lowest BCUT2D eigenvalue weighted by Crippen LogP contribution is -2.32. The highest BCUT2D eigenvalue weighted by molar-refractivity contribution is 5.83. The summed E-state index contributed by atoms with van der Waals surface area (Å²) in [5.41, 5.74) is 9.48. The Morgan fingerprint density at radius 1 is 0.690 bits per heavy atom. The van der Waals surface area contributed by atoms with E-state index in [-0.39, 0.29) is 10.8 Å². The summed E-state index contributed by atoms with van der Waals surface area (Å²) >= 11 is 0. The molecule has 10 heterocycles. The molecule has 13 heteroatoms. The topological polar surface area (TPSA) is 138 Å². The van der Waals surface area contributed by atoms with Crippen molar-refractivity contribution in [1.29, 1.82) is 0 Å². The highest BCUT2D eigenvalue weighted by atomic mass is 15.3. The Kier molecular flexibility index (Phi) is 8.54. The van der Waals surface area contributed by atoms with Crippen LogP contribution in [0.15, 0.2) is 104 Å². The average molecular weight is 770 g/mol. The Bertz CT molecular complexity index is 2710. The van der Waals surface area contributed by atoms with Gasteiger partial charge in [0.2, 0.25) is 0 Å². The molecule has 0 saturated carbocycles. The summed E-state index contributed by atoms with van der Waals surface area (Å²) in [6.07, 6.45) is 15.0. The van der Waals surface area contributed by atoms with Crippen LogP contribution in [0.1, 0.15) is 68.1 Å². The zero-order valence-corrected chi connectivity index (χ0v) is 32.8. The number of nitrogens with zero attached hydrogens (tertiary/aromatic N) is 11. The molecule has 3 unspecified atom stereocenters. The standard InChI is InChI=1S/C24H26N6.C21H21N7/c1-2-21(23-25-9-10-26-23)29-11-7-24(16-29)8-12-30-22(24)14-20(28-30)18-13-17-5-3-4-6-19(17)27-15-18;1-2-4-17-15(3-1)9-16(11-22-17)18-10-19-21(6-8-28(19)26-18)5-7-27(13-21)12-20-23-14-24-25-20/h3-6,9-10,13-15,21H,2,7-8,11-12,16H2,1H3,(H,25,26);1-4,9-11,14H,5-8,12-13H2,(H,23,24,25). The van der Waals surface area contributed by atoms with Crippen LogP contribution in [0, 0.1) is 0 Å². The van der Waals surface area contributed by atoms with Crippen molar-refractivity contribution in [3.05, 3.63) is 127 Å². The van der Waals surface area contributed by atoms with Crippen molar-refractivity contribution in [1.82, 2.24) is 64.5 Å². The van der Waals surface area contributed by atoms with Crippen LogP contribution in [0.3, 0.4) is 0 Å². The fourth-order valence-electron chi connectivity index (χ4n) is 10.3. The van der Waals surface area contributed by atoms with Gasteiger partial charge < -0.3 is 4.98 Å². The van der Waals surface area contributed by atoms with Crippen molar-refractivity contribution in [2.75, 3.05) is 26.2 Å². The third-order valence-electron chi connectivity index (χ3n) is 13.3. The summed E-state index contributed by atoms with van der Waals surface area (Å²) in [5.74, 6) is 2.02. The van der Waals surface area contributed by atoms with Gasteiger partial charge in [0.05, 0.1) is 35.0 Å². The first-order valence-electron chi connectivity index (χ1n) is 20.7. The first-order valence-corrected chi connectivity index (χ1v) is 20.7. The predicted molar refractivity (Wildman–Crippen MR) is 223 cm³/mol. The molecule has 0 radical (unpaired) electrons. The van der Waals surface area contributed by atoms with E-state index in [0.717, 1.165) is 108 Å². The van der Waals surface area contributed by atoms with Crippen LogP contribution in [-0.4, -0.2) is 90.7 Å². The lowest BCUT2D eigenvalue weighted by Gasteiger charge is -2.28. The second-order valence-electron chi connectivity index (χ2n) is 16.7. The van der Waals surface area contributed by atoms with E-state index < -0.39 is 0 Å². The van der Waals surface area contributed by atoms with E-state index in [2.05, 4.69) is 116 Å². The smallest absolute Gasteiger partial charge is 0.138 e. The second-order valence-corrected chi connectivity index (χ2v) is 16.7. The lowest BCUT2D eigenvalue weighted by atomic mass is 9.82. The number of aromatic amines is 2. The van der Waals surface area contributed by atoms with Crippen LogP contribution in [0.2, 0.25) is 0 Å². The van der Waals surface area contributed by atoms with Gasteiger partial charge in [0.1, 0.15) is 18.0 Å². The van der Waals surface area contributed by atoms with E-state index in [1.165, 1.54) is 37.1 Å². The van der Waals surface area contributed by atoms with Gasteiger partial charge in [0, 0.05) is 95.1 Å². The van der Waals surface area contributed by atoms with E-state index in [0.29, 0.717) is 6.04 Å². The largest absolute Gasteiger partial charge is 0.347 e. The van der Waals surface area contributed by atoms with Gasteiger partial charge in [-0.2, -0.15) is 15.3 Å². The number of fused-ring (bicyclic) bond motifs is 6. The van der Waals surface area contributed by atoms with Gasteiger partial charge in [-0.05, 0) is 81.6 Å². The van der Waals surface area contributed by atoms with Gasteiger partial charge in [-0.25, -0.2) is 9.97 Å². The van der Waals surface area contributed by atoms with Gasteiger partial charge in [0.15, 0.2) is 0 Å². The van der Waals surface area contributed by atoms with Crippen molar-refractivity contribution in [3.63, 3.8) is 0 Å². The van der Waals surface area contributed by atoms with Gasteiger partial charge in [-0.3, -0.25) is 34.2 Å². The molecule has 0 aliphatic carbocycles. The molecule has 12 rings (SSSR count). The van der Waals surface area contributed by atoms with Gasteiger partial charge >= 0.3 is 0 Å². The summed E-state index contributed by atoms with van der Waals surface area (Å²) in [5, 5.41) is 19.1. The summed E-state index contributed by atoms with van der Waals surface area (Å²) in [6.45, 7) is 9.39. The Morgan fingerprint density at radius 2 is 1.31 bits per heavy atom. The second kappa shape index (κ2) is 14.1. The molecular formula is C45H47N13. The van der Waals surface area contributed by atoms with Crippen LogP contribution in [0.25, 0.3) is 44.3 Å². The molecule has 4 aliphatic rings. The fourth-order valence-corrected chi connectivity index (χ4v) is 10.3. The number of rotatable bonds is 7. The maximum atomic E-state index is 4.97. The van der Waals surface area contributed by atoms with Gasteiger partial charge in [-0.15, -0.1) is 0 Å². The molecule has 2 spiro atoms. The molecule has 2 aromatic carbocycles. The maximum Gasteiger partial charge on any atom is 0.138 e. The highest BCUT2D eigenvalue weighted by Gasteiger charge is 2.48. The summed E-state index contributed by atoms with van der Waals surface area (Å²) in [4.78, 5) is 26.5. The normalized spacial score (nSPS) is 21.9. The monoisotopic (exact) mass is 769 g/mol. The van der Waals surface area contributed by atoms with Crippen LogP contribution < -0.4 is 0 Å². The van der Waals surface area contributed by atoms with Gasteiger partial charge in [-0.1, -0.05) is 43.3 Å². The van der Waals surface area contributed by atoms with E-state index in [1.54, 1.807) is 6.33 Å². The number of benzene rings is 2. The number of hydrogen-bond donors (Lipinski definition) is 2. The zero-order chi connectivity index (χ0) is 38.7. The van der Waals surface area contributed by atoms with E-state index >= 15 is 0 Å². The predicted octanol–water partition coefficient (Wildman–Crippen LogP) is 7.08. The first-order chi connectivity index (χ1) is 28.5. The Labute approximate surface area is 336 Å². The molecule has 8 aromatic rings. The summed E-state index contributed by atoms with van der Waals surface area (Å²) in [7, 11) is 0. The molecule has 4 aliphatic heterocycles. The van der Waals surface area contributed by atoms with E-state index in [1.807, 2.05) is 43.0 Å². The molecular weight excluding hydrogens is 723 g/mol. The van der Waals surface area contributed by atoms with Crippen LogP contribution in [0.5, 0.6) is 0 Å². The van der Waals surface area contributed by atoms with Crippen LogP contribution in [0.4, 0.5) is 0 Å². The minimum Gasteiger partial charge on any atom is -0.347 e. The third-order valence-corrected chi connectivity index (χ3v) is 13.3. The quantitative estimate of drug-likeness (QED) is 0.174. The van der Waals surface area contributed by atoms with E-state index in [9.17, 15) is 0 Å². The molecule has 2 saturated heterocycles. The zero-order valence-electron chi connectivity index (χ0n) is 32.8. The van der Waals surface area contributed by atoms with Crippen LogP contribution >= 0.6 is 0 Å². The number of H-pyrrole nitrogens is 2. The number of pyridine rings is 2. The summed E-state index contributed by atoms with van der Waals surface area (Å²) < 4.78 is 4.45. The number of likely N-dealkylation sites (tertiary alicyclic amines) is 2. The molecule has 0 amide bonds. The SMILES string of the molecule is CCC(c1ncc[nH]1)N1CCC2(CCn3nc(-c4cnc5ccccc5c4)cc32)C1.c1ccc2ncc(-c3cc4n(n3)CCC43CCN(Cc4ncn[nH]4)C3)cc2c1. The molecule has 58 heavy (non-hydrogen) atoms. The van der Waals surface area contributed by atoms with Crippen molar-refractivity contribution >= 4 is 21.8 Å². The van der Waals surface area contributed by atoms with Crippen LogP contribution in [-0.2, 0) is 30.5 Å². The molecule has 13 nitrogen and oxygen atoms in total. The van der Waals surface area contributed by atoms with E-state index in [4.69, 9.17) is 10.2 Å². The minimum absolute atomic E-state index is 0.204. The van der Waals surface area contributed by atoms with Crippen molar-refractivity contribution in [3.8, 4) is 22.5 Å². The van der Waals surface area contributed by atoms with Crippen molar-refractivity contribution < 1.29 is 0 Å². The van der Waals surface area contributed by atoms with Gasteiger partial charge in [0.25, 0.3) is 0 Å². The number of aryl methyl sites for hydroxylation is 2. The molecule has 2 fully saturated rings. The Hall–Kier alpha value is -6.05. The number of hydrogen-bond acceptors (Lipinski definition) is 9. The average Bonchev–Trinajstić information content (AvgIpc) is 4.12. The number of para-hydroxylation sites is 2. The summed E-state index contributed by atoms with van der Waals surface area (Å²) in [6, 6.07) is 25.9. The maximum absolute atomic E-state index is 4.97. The number of imidazole rings is 1. The highest BCUT2D eigenvalue weighted by Crippen LogP contribution is 2.46. The molecule has 2 N–H and O–H groups in total.